The number of nitrogens with one attached hydrogen (secondary N) is 2. The lowest BCUT2D eigenvalue weighted by Crippen LogP contribution is -2.18. The Bertz CT molecular complexity index is 282. The fraction of sp³-hybridized carbons (Fsp3) is 0.692. The molecule has 0 aliphatic carbocycles. The number of ether oxygens (including phenoxy) is 2. The molecule has 4 nitrogen and oxygen atoms in total. The third kappa shape index (κ3) is 4.89. The van der Waals surface area contributed by atoms with Crippen LogP contribution in [0.3, 0.4) is 0 Å². The second-order valence-electron chi connectivity index (χ2n) is 4.46. The molecule has 0 saturated carbocycles. The molecule has 2 heterocycles. The van der Waals surface area contributed by atoms with Crippen molar-refractivity contribution in [1.82, 2.24) is 10.3 Å². The monoisotopic (exact) mass is 238 g/mol. The lowest BCUT2D eigenvalue weighted by molar-refractivity contribution is 0.0166. The standard InChI is InChI=1S/C13H22N2O2/c1-3-13(17-8-1)11-16-7-2-5-14-9-12-4-6-15-10-12/h4,6,10,13-15H,1-3,5,7-9,11H2. The topological polar surface area (TPSA) is 46.3 Å². The molecule has 1 saturated heterocycles. The Morgan fingerprint density at radius 3 is 3.29 bits per heavy atom. The molecule has 1 aromatic rings. The second-order valence-corrected chi connectivity index (χ2v) is 4.46. The summed E-state index contributed by atoms with van der Waals surface area (Å²) in [6.45, 7) is 4.41. The number of H-pyrrole nitrogens is 1. The minimum atomic E-state index is 0.350. The number of aromatic nitrogens is 1. The second kappa shape index (κ2) is 7.48. The fourth-order valence-electron chi connectivity index (χ4n) is 1.99. The van der Waals surface area contributed by atoms with Crippen molar-refractivity contribution in [2.75, 3.05) is 26.4 Å². The van der Waals surface area contributed by atoms with Crippen molar-refractivity contribution in [3.8, 4) is 0 Å². The van der Waals surface area contributed by atoms with Crippen LogP contribution in [-0.4, -0.2) is 37.5 Å². The molecule has 17 heavy (non-hydrogen) atoms. The molecule has 0 aromatic carbocycles. The highest BCUT2D eigenvalue weighted by Gasteiger charge is 2.14. The van der Waals surface area contributed by atoms with E-state index in [2.05, 4.69) is 16.4 Å². The van der Waals surface area contributed by atoms with Gasteiger partial charge in [0.15, 0.2) is 0 Å². The van der Waals surface area contributed by atoms with Crippen LogP contribution in [0.2, 0.25) is 0 Å². The van der Waals surface area contributed by atoms with Crippen molar-refractivity contribution in [3.63, 3.8) is 0 Å². The molecule has 1 atom stereocenters. The molecular weight excluding hydrogens is 216 g/mol. The third-order valence-electron chi connectivity index (χ3n) is 2.96. The van der Waals surface area contributed by atoms with Crippen LogP contribution in [-0.2, 0) is 16.0 Å². The van der Waals surface area contributed by atoms with Gasteiger partial charge in [-0.2, -0.15) is 0 Å². The van der Waals surface area contributed by atoms with E-state index in [-0.39, 0.29) is 0 Å². The smallest absolute Gasteiger partial charge is 0.0809 e. The number of rotatable bonds is 8. The van der Waals surface area contributed by atoms with Gasteiger partial charge in [0.2, 0.25) is 0 Å². The van der Waals surface area contributed by atoms with Crippen LogP contribution in [0.5, 0.6) is 0 Å². The molecule has 4 heteroatoms. The molecule has 1 aromatic heterocycles. The minimum absolute atomic E-state index is 0.350. The van der Waals surface area contributed by atoms with E-state index in [1.54, 1.807) is 0 Å². The van der Waals surface area contributed by atoms with Gasteiger partial charge in [0.05, 0.1) is 12.7 Å². The molecule has 1 aliphatic rings. The lowest BCUT2D eigenvalue weighted by atomic mass is 10.2. The zero-order chi connectivity index (χ0) is 11.8. The maximum atomic E-state index is 5.58. The van der Waals surface area contributed by atoms with Gasteiger partial charge in [-0.05, 0) is 37.4 Å². The van der Waals surface area contributed by atoms with Gasteiger partial charge in [0, 0.05) is 32.2 Å². The first-order valence-corrected chi connectivity index (χ1v) is 6.47. The van der Waals surface area contributed by atoms with Crippen LogP contribution in [0.25, 0.3) is 0 Å². The fourth-order valence-corrected chi connectivity index (χ4v) is 1.99. The van der Waals surface area contributed by atoms with Gasteiger partial charge >= 0.3 is 0 Å². The van der Waals surface area contributed by atoms with E-state index in [9.17, 15) is 0 Å². The summed E-state index contributed by atoms with van der Waals surface area (Å²) < 4.78 is 11.1. The van der Waals surface area contributed by atoms with Gasteiger partial charge in [0.1, 0.15) is 0 Å². The zero-order valence-corrected chi connectivity index (χ0v) is 10.3. The number of aromatic amines is 1. The molecule has 0 bridgehead atoms. The highest BCUT2D eigenvalue weighted by Crippen LogP contribution is 2.11. The summed E-state index contributed by atoms with van der Waals surface area (Å²) in [6, 6.07) is 2.08. The largest absolute Gasteiger partial charge is 0.379 e. The van der Waals surface area contributed by atoms with Crippen LogP contribution in [0.4, 0.5) is 0 Å². The van der Waals surface area contributed by atoms with E-state index in [0.717, 1.165) is 45.8 Å². The lowest BCUT2D eigenvalue weighted by Gasteiger charge is -2.10. The normalized spacial score (nSPS) is 19.9. The molecule has 0 radical (unpaired) electrons. The summed E-state index contributed by atoms with van der Waals surface area (Å²) in [7, 11) is 0. The Hall–Kier alpha value is -0.840. The Kier molecular flexibility index (Phi) is 5.55. The zero-order valence-electron chi connectivity index (χ0n) is 10.3. The quantitative estimate of drug-likeness (QED) is 0.677. The van der Waals surface area contributed by atoms with Crippen molar-refractivity contribution in [2.24, 2.45) is 0 Å². The van der Waals surface area contributed by atoms with Crippen molar-refractivity contribution in [2.45, 2.75) is 31.9 Å². The van der Waals surface area contributed by atoms with Crippen molar-refractivity contribution >= 4 is 0 Å². The van der Waals surface area contributed by atoms with Crippen LogP contribution >= 0.6 is 0 Å². The first-order valence-electron chi connectivity index (χ1n) is 6.47. The highest BCUT2D eigenvalue weighted by atomic mass is 16.5. The van der Waals surface area contributed by atoms with E-state index < -0.39 is 0 Å². The number of hydrogen-bond acceptors (Lipinski definition) is 3. The molecular formula is C13H22N2O2. The van der Waals surface area contributed by atoms with Gasteiger partial charge in [0.25, 0.3) is 0 Å². The van der Waals surface area contributed by atoms with E-state index in [4.69, 9.17) is 9.47 Å². The molecule has 1 unspecified atom stereocenters. The molecule has 0 spiro atoms. The first kappa shape index (κ1) is 12.6. The summed E-state index contributed by atoms with van der Waals surface area (Å²) in [5, 5.41) is 3.38. The summed E-state index contributed by atoms with van der Waals surface area (Å²) in [5.74, 6) is 0. The predicted octanol–water partition coefficient (Wildman–Crippen LogP) is 1.69. The highest BCUT2D eigenvalue weighted by molar-refractivity contribution is 5.07. The van der Waals surface area contributed by atoms with Gasteiger partial charge < -0.3 is 19.8 Å². The van der Waals surface area contributed by atoms with Gasteiger partial charge in [-0.3, -0.25) is 0 Å². The van der Waals surface area contributed by atoms with Gasteiger partial charge in [-0.25, -0.2) is 0 Å². The van der Waals surface area contributed by atoms with Crippen LogP contribution in [0.1, 0.15) is 24.8 Å². The van der Waals surface area contributed by atoms with Crippen molar-refractivity contribution < 1.29 is 9.47 Å². The average molecular weight is 238 g/mol. The molecule has 1 aliphatic heterocycles. The summed E-state index contributed by atoms with van der Waals surface area (Å²) in [5.41, 5.74) is 1.30. The molecule has 96 valence electrons. The van der Waals surface area contributed by atoms with E-state index in [1.807, 2.05) is 12.4 Å². The van der Waals surface area contributed by atoms with E-state index in [0.29, 0.717) is 6.10 Å². The summed E-state index contributed by atoms with van der Waals surface area (Å²) >= 11 is 0. The van der Waals surface area contributed by atoms with Crippen LogP contribution in [0.15, 0.2) is 18.5 Å². The molecule has 2 N–H and O–H groups in total. The summed E-state index contributed by atoms with van der Waals surface area (Å²) in [4.78, 5) is 3.04. The van der Waals surface area contributed by atoms with Crippen LogP contribution in [0, 0.1) is 0 Å². The van der Waals surface area contributed by atoms with E-state index in [1.165, 1.54) is 12.0 Å². The molecule has 2 rings (SSSR count). The SMILES string of the molecule is c1cc(CNCCCOCC2CCCO2)c[nH]1. The molecule has 1 fully saturated rings. The van der Waals surface area contributed by atoms with Crippen molar-refractivity contribution in [1.29, 1.82) is 0 Å². The Morgan fingerprint density at radius 2 is 2.53 bits per heavy atom. The maximum absolute atomic E-state index is 5.58. The maximum Gasteiger partial charge on any atom is 0.0809 e. The van der Waals surface area contributed by atoms with Crippen molar-refractivity contribution in [3.05, 3.63) is 24.0 Å². The Morgan fingerprint density at radius 1 is 1.53 bits per heavy atom. The van der Waals surface area contributed by atoms with Gasteiger partial charge in [-0.15, -0.1) is 0 Å². The van der Waals surface area contributed by atoms with Crippen LogP contribution < -0.4 is 5.32 Å². The third-order valence-corrected chi connectivity index (χ3v) is 2.96. The van der Waals surface area contributed by atoms with Gasteiger partial charge in [-0.1, -0.05) is 0 Å². The van der Waals surface area contributed by atoms with E-state index >= 15 is 0 Å². The Balaban J connectivity index is 1.39. The average Bonchev–Trinajstić information content (AvgIpc) is 3.00. The first-order chi connectivity index (χ1) is 8.45. The molecule has 0 amide bonds. The summed E-state index contributed by atoms with van der Waals surface area (Å²) in [6.07, 6.45) is 7.71. The number of hydrogen-bond donors (Lipinski definition) is 2. The predicted molar refractivity (Wildman–Crippen MR) is 66.9 cm³/mol. The Labute approximate surface area is 103 Å². The minimum Gasteiger partial charge on any atom is -0.379 e.